The Morgan fingerprint density at radius 2 is 2.15 bits per heavy atom. The fraction of sp³-hybridized carbons (Fsp3) is 0.250. The lowest BCUT2D eigenvalue weighted by molar-refractivity contribution is 0.281. The van der Waals surface area contributed by atoms with Gasteiger partial charge in [-0.25, -0.2) is 13.1 Å². The van der Waals surface area contributed by atoms with Crippen LogP contribution in [0.1, 0.15) is 17.0 Å². The van der Waals surface area contributed by atoms with Crippen LogP contribution in [0.3, 0.4) is 0 Å². The first-order chi connectivity index (χ1) is 9.42. The number of aliphatic hydroxyl groups is 1. The summed E-state index contributed by atoms with van der Waals surface area (Å²) >= 11 is 3.19. The number of hydrogen-bond acceptors (Lipinski definition) is 5. The SMILES string of the molecule is Cc1cc(CNS(=O)(=O)c2cc(CO)ccc2Br)on1. The smallest absolute Gasteiger partial charge is 0.242 e. The predicted molar refractivity (Wildman–Crippen MR) is 75.3 cm³/mol. The van der Waals surface area contributed by atoms with Crippen molar-refractivity contribution in [1.29, 1.82) is 0 Å². The van der Waals surface area contributed by atoms with Crippen LogP contribution in [-0.4, -0.2) is 18.7 Å². The zero-order valence-corrected chi connectivity index (χ0v) is 13.0. The lowest BCUT2D eigenvalue weighted by atomic mass is 10.2. The van der Waals surface area contributed by atoms with Gasteiger partial charge in [0.2, 0.25) is 10.0 Å². The Bertz CT molecular complexity index is 712. The maximum Gasteiger partial charge on any atom is 0.242 e. The Hall–Kier alpha value is -1.22. The van der Waals surface area contributed by atoms with Crippen molar-refractivity contribution < 1.29 is 18.0 Å². The van der Waals surface area contributed by atoms with E-state index >= 15 is 0 Å². The molecule has 20 heavy (non-hydrogen) atoms. The second kappa shape index (κ2) is 6.04. The molecule has 2 rings (SSSR count). The molecule has 2 aromatic rings. The molecule has 0 atom stereocenters. The molecule has 0 bridgehead atoms. The van der Waals surface area contributed by atoms with E-state index in [1.807, 2.05) is 0 Å². The first kappa shape index (κ1) is 15.2. The van der Waals surface area contributed by atoms with Crippen molar-refractivity contribution in [3.8, 4) is 0 Å². The third-order valence-corrected chi connectivity index (χ3v) is 4.98. The minimum atomic E-state index is -3.71. The maximum absolute atomic E-state index is 12.2. The van der Waals surface area contributed by atoms with Gasteiger partial charge in [0.1, 0.15) is 0 Å². The van der Waals surface area contributed by atoms with Crippen LogP contribution in [0.4, 0.5) is 0 Å². The predicted octanol–water partition coefficient (Wildman–Crippen LogP) is 1.72. The Morgan fingerprint density at radius 3 is 2.75 bits per heavy atom. The molecule has 6 nitrogen and oxygen atoms in total. The summed E-state index contributed by atoms with van der Waals surface area (Å²) in [5.74, 6) is 0.431. The molecule has 1 heterocycles. The van der Waals surface area contributed by atoms with Gasteiger partial charge in [-0.1, -0.05) is 11.2 Å². The largest absolute Gasteiger partial charge is 0.392 e. The average molecular weight is 361 g/mol. The van der Waals surface area contributed by atoms with E-state index in [0.717, 1.165) is 0 Å². The van der Waals surface area contributed by atoms with Gasteiger partial charge in [0, 0.05) is 10.5 Å². The molecule has 0 aliphatic heterocycles. The highest BCUT2D eigenvalue weighted by molar-refractivity contribution is 9.10. The van der Waals surface area contributed by atoms with E-state index in [0.29, 0.717) is 21.5 Å². The summed E-state index contributed by atoms with van der Waals surface area (Å²) in [4.78, 5) is 0.0697. The van der Waals surface area contributed by atoms with Gasteiger partial charge in [0.25, 0.3) is 0 Å². The van der Waals surface area contributed by atoms with Crippen molar-refractivity contribution in [3.05, 3.63) is 45.8 Å². The van der Waals surface area contributed by atoms with Gasteiger partial charge in [0.15, 0.2) is 5.76 Å². The van der Waals surface area contributed by atoms with Gasteiger partial charge in [-0.05, 0) is 40.5 Å². The number of aliphatic hydroxyl groups excluding tert-OH is 1. The zero-order chi connectivity index (χ0) is 14.8. The summed E-state index contributed by atoms with van der Waals surface area (Å²) < 4.78 is 32.2. The second-order valence-electron chi connectivity index (χ2n) is 4.18. The topological polar surface area (TPSA) is 92.4 Å². The fourth-order valence-electron chi connectivity index (χ4n) is 1.60. The van der Waals surface area contributed by atoms with Crippen molar-refractivity contribution in [2.75, 3.05) is 0 Å². The molecule has 0 fully saturated rings. The van der Waals surface area contributed by atoms with Gasteiger partial charge in [0.05, 0.1) is 23.7 Å². The molecule has 108 valence electrons. The Kier molecular flexibility index (Phi) is 4.59. The third kappa shape index (κ3) is 3.45. The molecular weight excluding hydrogens is 348 g/mol. The monoisotopic (exact) mass is 360 g/mol. The number of halogens is 1. The van der Waals surface area contributed by atoms with E-state index in [1.165, 1.54) is 6.07 Å². The molecule has 0 saturated heterocycles. The molecule has 0 unspecified atom stereocenters. The third-order valence-electron chi connectivity index (χ3n) is 2.58. The van der Waals surface area contributed by atoms with Crippen LogP contribution in [0.25, 0.3) is 0 Å². The number of benzene rings is 1. The number of nitrogens with zero attached hydrogens (tertiary/aromatic N) is 1. The summed E-state index contributed by atoms with van der Waals surface area (Å²) in [5.41, 5.74) is 1.20. The molecule has 0 amide bonds. The summed E-state index contributed by atoms with van der Waals surface area (Å²) in [6.07, 6.45) is 0. The highest BCUT2D eigenvalue weighted by atomic mass is 79.9. The number of hydrogen-bond donors (Lipinski definition) is 2. The Balaban J connectivity index is 2.21. The van der Waals surface area contributed by atoms with Crippen LogP contribution in [0.15, 0.2) is 38.2 Å². The van der Waals surface area contributed by atoms with E-state index in [-0.39, 0.29) is 18.0 Å². The molecule has 2 N–H and O–H groups in total. The molecule has 0 aliphatic rings. The number of sulfonamides is 1. The van der Waals surface area contributed by atoms with E-state index < -0.39 is 10.0 Å². The number of nitrogens with one attached hydrogen (secondary N) is 1. The average Bonchev–Trinajstić information content (AvgIpc) is 2.83. The molecule has 0 saturated carbocycles. The van der Waals surface area contributed by atoms with Crippen LogP contribution in [0.5, 0.6) is 0 Å². The molecule has 0 aliphatic carbocycles. The zero-order valence-electron chi connectivity index (χ0n) is 10.6. The molecule has 1 aromatic carbocycles. The van der Waals surface area contributed by atoms with Crippen LogP contribution >= 0.6 is 15.9 Å². The van der Waals surface area contributed by atoms with Crippen LogP contribution in [0, 0.1) is 6.92 Å². The van der Waals surface area contributed by atoms with Gasteiger partial charge >= 0.3 is 0 Å². The number of aryl methyl sites for hydroxylation is 1. The van der Waals surface area contributed by atoms with Crippen LogP contribution in [0.2, 0.25) is 0 Å². The summed E-state index contributed by atoms with van der Waals surface area (Å²) in [6.45, 7) is 1.54. The maximum atomic E-state index is 12.2. The van der Waals surface area contributed by atoms with Crippen molar-refractivity contribution >= 4 is 26.0 Å². The van der Waals surface area contributed by atoms with E-state index in [9.17, 15) is 8.42 Å². The van der Waals surface area contributed by atoms with Crippen molar-refractivity contribution in [3.63, 3.8) is 0 Å². The molecule has 0 spiro atoms. The minimum Gasteiger partial charge on any atom is -0.392 e. The molecule has 0 radical (unpaired) electrons. The highest BCUT2D eigenvalue weighted by Crippen LogP contribution is 2.23. The minimum absolute atomic E-state index is 0.0129. The molecule has 1 aromatic heterocycles. The van der Waals surface area contributed by atoms with Gasteiger partial charge in [-0.15, -0.1) is 0 Å². The van der Waals surface area contributed by atoms with Crippen molar-refractivity contribution in [1.82, 2.24) is 9.88 Å². The Morgan fingerprint density at radius 1 is 1.40 bits per heavy atom. The van der Waals surface area contributed by atoms with Gasteiger partial charge in [-0.3, -0.25) is 0 Å². The second-order valence-corrected chi connectivity index (χ2v) is 6.77. The summed E-state index contributed by atoms with van der Waals surface area (Å²) in [7, 11) is -3.71. The van der Waals surface area contributed by atoms with Crippen LogP contribution in [-0.2, 0) is 23.2 Å². The fourth-order valence-corrected chi connectivity index (χ4v) is 3.60. The molecule has 8 heteroatoms. The van der Waals surface area contributed by atoms with E-state index in [4.69, 9.17) is 9.63 Å². The van der Waals surface area contributed by atoms with Crippen LogP contribution < -0.4 is 4.72 Å². The lowest BCUT2D eigenvalue weighted by Gasteiger charge is -2.08. The van der Waals surface area contributed by atoms with E-state index in [1.54, 1.807) is 25.1 Å². The normalized spacial score (nSPS) is 11.8. The summed E-state index contributed by atoms with van der Waals surface area (Å²) in [5, 5.41) is 12.8. The number of rotatable bonds is 5. The van der Waals surface area contributed by atoms with E-state index in [2.05, 4.69) is 25.8 Å². The number of aromatic nitrogens is 1. The summed E-state index contributed by atoms with van der Waals surface area (Å²) in [6, 6.07) is 6.29. The van der Waals surface area contributed by atoms with Gasteiger partial charge < -0.3 is 9.63 Å². The molecular formula is C12H13BrN2O4S. The first-order valence-corrected chi connectivity index (χ1v) is 8.01. The lowest BCUT2D eigenvalue weighted by Crippen LogP contribution is -2.23. The van der Waals surface area contributed by atoms with Crippen molar-refractivity contribution in [2.45, 2.75) is 25.0 Å². The standard InChI is InChI=1S/C12H13BrN2O4S/c1-8-4-10(19-15-8)6-14-20(17,18)12-5-9(7-16)2-3-11(12)13/h2-5,14,16H,6-7H2,1H3. The highest BCUT2D eigenvalue weighted by Gasteiger charge is 2.18. The first-order valence-electron chi connectivity index (χ1n) is 5.73. The van der Waals surface area contributed by atoms with Crippen molar-refractivity contribution in [2.24, 2.45) is 0 Å². The Labute approximate surface area is 125 Å². The quantitative estimate of drug-likeness (QED) is 0.846. The van der Waals surface area contributed by atoms with Gasteiger partial charge in [-0.2, -0.15) is 0 Å².